The average Bonchev–Trinajstić information content (AvgIpc) is 2.33. The van der Waals surface area contributed by atoms with Crippen LogP contribution in [0.15, 0.2) is 24.3 Å². The third-order valence-electron chi connectivity index (χ3n) is 2.14. The van der Waals surface area contributed by atoms with Crippen LogP contribution in [0, 0.1) is 0 Å². The van der Waals surface area contributed by atoms with Crippen molar-refractivity contribution in [2.75, 3.05) is 20.3 Å². The van der Waals surface area contributed by atoms with Crippen molar-refractivity contribution in [2.45, 2.75) is 12.6 Å². The number of hydrogen-bond donors (Lipinski definition) is 0. The van der Waals surface area contributed by atoms with Gasteiger partial charge in [-0.25, -0.2) is 0 Å². The van der Waals surface area contributed by atoms with Gasteiger partial charge in [0.15, 0.2) is 0 Å². The number of ether oxygens (including phenoxy) is 2. The van der Waals surface area contributed by atoms with Crippen LogP contribution in [0.3, 0.4) is 0 Å². The highest BCUT2D eigenvalue weighted by atomic mass is 19.4. The van der Waals surface area contributed by atoms with Crippen LogP contribution in [0.5, 0.6) is 5.75 Å². The molecule has 0 aromatic heterocycles. The number of rotatable bonds is 6. The number of alkyl halides is 3. The highest BCUT2D eigenvalue weighted by Gasteiger charge is 2.39. The number of carbonyl (C=O) groups excluding carboxylic acids is 1. The fraction of sp³-hybridized carbons (Fsp3) is 0.417. The monoisotopic (exact) mass is 262 g/mol. The van der Waals surface area contributed by atoms with Gasteiger partial charge in [0.2, 0.25) is 0 Å². The van der Waals surface area contributed by atoms with Crippen LogP contribution in [0.2, 0.25) is 0 Å². The summed E-state index contributed by atoms with van der Waals surface area (Å²) in [7, 11) is 1.57. The Labute approximate surface area is 103 Å². The number of methoxy groups -OCH3 is 1. The molecular weight excluding hydrogens is 249 g/mol. The first-order chi connectivity index (χ1) is 8.45. The Kier molecular flexibility index (Phi) is 5.15. The smallest absolute Gasteiger partial charge is 0.454 e. The highest BCUT2D eigenvalue weighted by molar-refractivity contribution is 6.00. The summed E-state index contributed by atoms with van der Waals surface area (Å²) in [5.41, 5.74) is -0.397. The van der Waals surface area contributed by atoms with Crippen molar-refractivity contribution in [3.8, 4) is 5.75 Å². The second-order valence-corrected chi connectivity index (χ2v) is 3.55. The minimum atomic E-state index is -4.85. The van der Waals surface area contributed by atoms with E-state index in [1.807, 2.05) is 0 Å². The van der Waals surface area contributed by atoms with Crippen LogP contribution in [0.4, 0.5) is 13.2 Å². The summed E-state index contributed by atoms with van der Waals surface area (Å²) in [6, 6.07) is 4.88. The molecule has 0 N–H and O–H groups in total. The number of benzene rings is 1. The Balaban J connectivity index is 2.55. The summed E-state index contributed by atoms with van der Waals surface area (Å²) in [5.74, 6) is -1.43. The minimum absolute atomic E-state index is 0.397. The predicted molar refractivity (Wildman–Crippen MR) is 58.8 cm³/mol. The number of ketones is 1. The summed E-state index contributed by atoms with van der Waals surface area (Å²) in [6.45, 7) is 0.949. The van der Waals surface area contributed by atoms with Crippen molar-refractivity contribution >= 4 is 5.78 Å². The molecule has 0 heterocycles. The second kappa shape index (κ2) is 6.39. The topological polar surface area (TPSA) is 35.5 Å². The van der Waals surface area contributed by atoms with Gasteiger partial charge in [-0.05, 0) is 24.3 Å². The first-order valence-corrected chi connectivity index (χ1v) is 5.28. The average molecular weight is 262 g/mol. The third-order valence-corrected chi connectivity index (χ3v) is 2.14. The number of Topliss-reactive ketones (excluding diaryl/α,β-unsaturated/α-hetero) is 1. The Morgan fingerprint density at radius 1 is 1.17 bits per heavy atom. The molecule has 0 amide bonds. The van der Waals surface area contributed by atoms with Gasteiger partial charge in [-0.3, -0.25) is 4.79 Å². The quantitative estimate of drug-likeness (QED) is 0.584. The van der Waals surface area contributed by atoms with E-state index in [0.717, 1.165) is 12.1 Å². The third kappa shape index (κ3) is 4.37. The SMILES string of the molecule is COCCCOc1ccc(C(=O)C(F)(F)F)cc1. The Bertz CT molecular complexity index is 385. The standard InChI is InChI=1S/C12H13F3O3/c1-17-7-2-8-18-10-5-3-9(4-6-10)11(16)12(13,14)15/h3-6H,2,7-8H2,1H3. The lowest BCUT2D eigenvalue weighted by atomic mass is 10.1. The zero-order valence-corrected chi connectivity index (χ0v) is 9.79. The normalized spacial score (nSPS) is 11.3. The molecule has 1 rings (SSSR count). The van der Waals surface area contributed by atoms with Crippen molar-refractivity contribution < 1.29 is 27.4 Å². The van der Waals surface area contributed by atoms with Gasteiger partial charge in [0.1, 0.15) is 5.75 Å². The number of carbonyl (C=O) groups is 1. The molecule has 1 aromatic carbocycles. The van der Waals surface area contributed by atoms with Crippen molar-refractivity contribution in [2.24, 2.45) is 0 Å². The van der Waals surface area contributed by atoms with Gasteiger partial charge in [-0.1, -0.05) is 0 Å². The van der Waals surface area contributed by atoms with Gasteiger partial charge in [0, 0.05) is 25.7 Å². The molecule has 18 heavy (non-hydrogen) atoms. The molecule has 0 aliphatic carbocycles. The molecule has 3 nitrogen and oxygen atoms in total. The second-order valence-electron chi connectivity index (χ2n) is 3.55. The molecular formula is C12H13F3O3. The van der Waals surface area contributed by atoms with Crippen molar-refractivity contribution in [3.05, 3.63) is 29.8 Å². The summed E-state index contributed by atoms with van der Waals surface area (Å²) in [4.78, 5) is 10.9. The van der Waals surface area contributed by atoms with E-state index in [1.165, 1.54) is 12.1 Å². The first kappa shape index (κ1) is 14.5. The molecule has 0 saturated carbocycles. The van der Waals surface area contributed by atoms with Crippen LogP contribution >= 0.6 is 0 Å². The van der Waals surface area contributed by atoms with Crippen LogP contribution in [0.1, 0.15) is 16.8 Å². The molecule has 0 spiro atoms. The fourth-order valence-corrected chi connectivity index (χ4v) is 1.26. The molecule has 0 atom stereocenters. The number of hydrogen-bond acceptors (Lipinski definition) is 3. The van der Waals surface area contributed by atoms with Crippen molar-refractivity contribution in [1.82, 2.24) is 0 Å². The van der Waals surface area contributed by atoms with E-state index in [0.29, 0.717) is 25.4 Å². The van der Waals surface area contributed by atoms with Gasteiger partial charge in [0.05, 0.1) is 6.61 Å². The summed E-state index contributed by atoms with van der Waals surface area (Å²) in [5, 5.41) is 0. The van der Waals surface area contributed by atoms with Crippen molar-refractivity contribution in [3.63, 3.8) is 0 Å². The first-order valence-electron chi connectivity index (χ1n) is 5.28. The zero-order valence-electron chi connectivity index (χ0n) is 9.79. The van der Waals surface area contributed by atoms with E-state index in [9.17, 15) is 18.0 Å². The lowest BCUT2D eigenvalue weighted by molar-refractivity contribution is -0.0885. The lowest BCUT2D eigenvalue weighted by Gasteiger charge is -2.08. The summed E-state index contributed by atoms with van der Waals surface area (Å²) in [6.07, 6.45) is -4.17. The minimum Gasteiger partial charge on any atom is -0.494 e. The molecule has 0 aliphatic rings. The van der Waals surface area contributed by atoms with E-state index in [2.05, 4.69) is 0 Å². The van der Waals surface area contributed by atoms with E-state index >= 15 is 0 Å². The van der Waals surface area contributed by atoms with Gasteiger partial charge in [-0.15, -0.1) is 0 Å². The van der Waals surface area contributed by atoms with Crippen LogP contribution in [0.25, 0.3) is 0 Å². The molecule has 1 aromatic rings. The summed E-state index contributed by atoms with van der Waals surface area (Å²) >= 11 is 0. The van der Waals surface area contributed by atoms with Crippen LogP contribution in [-0.4, -0.2) is 32.3 Å². The van der Waals surface area contributed by atoms with E-state index in [4.69, 9.17) is 9.47 Å². The predicted octanol–water partition coefficient (Wildman–Crippen LogP) is 2.85. The van der Waals surface area contributed by atoms with Crippen LogP contribution < -0.4 is 4.74 Å². The molecule has 6 heteroatoms. The largest absolute Gasteiger partial charge is 0.494 e. The van der Waals surface area contributed by atoms with E-state index in [-0.39, 0.29) is 0 Å². The Morgan fingerprint density at radius 2 is 1.78 bits per heavy atom. The fourth-order valence-electron chi connectivity index (χ4n) is 1.26. The van der Waals surface area contributed by atoms with Gasteiger partial charge in [-0.2, -0.15) is 13.2 Å². The maximum atomic E-state index is 12.1. The molecule has 0 saturated heterocycles. The van der Waals surface area contributed by atoms with Crippen molar-refractivity contribution in [1.29, 1.82) is 0 Å². The molecule has 0 fully saturated rings. The summed E-state index contributed by atoms with van der Waals surface area (Å²) < 4.78 is 46.5. The van der Waals surface area contributed by atoms with Crippen LogP contribution in [-0.2, 0) is 4.74 Å². The van der Waals surface area contributed by atoms with Gasteiger partial charge < -0.3 is 9.47 Å². The van der Waals surface area contributed by atoms with E-state index in [1.54, 1.807) is 7.11 Å². The molecule has 0 aliphatic heterocycles. The van der Waals surface area contributed by atoms with E-state index < -0.39 is 17.5 Å². The van der Waals surface area contributed by atoms with Gasteiger partial charge >= 0.3 is 6.18 Å². The highest BCUT2D eigenvalue weighted by Crippen LogP contribution is 2.22. The number of halogens is 3. The Morgan fingerprint density at radius 3 is 2.28 bits per heavy atom. The van der Waals surface area contributed by atoms with Gasteiger partial charge in [0.25, 0.3) is 5.78 Å². The lowest BCUT2D eigenvalue weighted by Crippen LogP contribution is -2.22. The molecule has 0 unspecified atom stereocenters. The maximum absolute atomic E-state index is 12.1. The zero-order chi connectivity index (χ0) is 13.6. The molecule has 0 radical (unpaired) electrons. The maximum Gasteiger partial charge on any atom is 0.454 e. The molecule has 0 bridgehead atoms. The molecule has 100 valence electrons. The Hall–Kier alpha value is -1.56.